The molecule has 0 aromatic carbocycles. The van der Waals surface area contributed by atoms with Crippen LogP contribution >= 0.6 is 0 Å². The number of esters is 1. The van der Waals surface area contributed by atoms with Crippen LogP contribution < -0.4 is 0 Å². The zero-order valence-electron chi connectivity index (χ0n) is 20.3. The average Bonchev–Trinajstić information content (AvgIpc) is 3.10. The zero-order chi connectivity index (χ0) is 22.4. The number of hydrogen-bond acceptors (Lipinski definition) is 3. The maximum atomic E-state index is 11.7. The minimum atomic E-state index is -0.0866. The Labute approximate surface area is 188 Å². The van der Waals surface area contributed by atoms with E-state index >= 15 is 0 Å². The van der Waals surface area contributed by atoms with Crippen LogP contribution in [-0.2, 0) is 9.53 Å². The van der Waals surface area contributed by atoms with E-state index in [1.54, 1.807) is 0 Å². The van der Waals surface area contributed by atoms with Crippen molar-refractivity contribution in [2.75, 3.05) is 7.11 Å². The van der Waals surface area contributed by atoms with E-state index in [4.69, 9.17) is 4.74 Å². The molecule has 174 valence electrons. The fraction of sp³-hybridized carbons (Fsp3) is 0.962. The SMILES string of the molecule is COC(=O)CC[C@@H](C)[C@H]1CCC2C3C(N=[N+]=[N-])CC4C[C@H](C)CC[C@]4(C)C3CC[C@@]21C. The second kappa shape index (κ2) is 8.61. The molecule has 5 heteroatoms. The van der Waals surface area contributed by atoms with E-state index in [-0.39, 0.29) is 12.0 Å². The van der Waals surface area contributed by atoms with Gasteiger partial charge in [-0.3, -0.25) is 4.79 Å². The number of fused-ring (bicyclic) bond motifs is 5. The first-order valence-corrected chi connectivity index (χ1v) is 12.9. The Bertz CT molecular complexity index is 734. The molecular formula is C26H43N3O2. The Hall–Kier alpha value is -1.22. The largest absolute Gasteiger partial charge is 0.469 e. The molecule has 4 aliphatic carbocycles. The molecule has 4 saturated carbocycles. The number of nitrogens with zero attached hydrogens (tertiary/aromatic N) is 3. The molecule has 0 aromatic rings. The van der Waals surface area contributed by atoms with Gasteiger partial charge in [-0.05, 0) is 109 Å². The molecule has 5 unspecified atom stereocenters. The number of carbonyl (C=O) groups excluding carboxylic acids is 1. The summed E-state index contributed by atoms with van der Waals surface area (Å²) >= 11 is 0. The zero-order valence-corrected chi connectivity index (χ0v) is 20.3. The average molecular weight is 430 g/mol. The van der Waals surface area contributed by atoms with Crippen LogP contribution in [0.3, 0.4) is 0 Å². The van der Waals surface area contributed by atoms with E-state index in [2.05, 4.69) is 37.7 Å². The van der Waals surface area contributed by atoms with E-state index in [0.29, 0.717) is 52.8 Å². The molecule has 0 aromatic heterocycles. The summed E-state index contributed by atoms with van der Waals surface area (Å²) in [7, 11) is 1.49. The third-order valence-corrected chi connectivity index (χ3v) is 10.9. The van der Waals surface area contributed by atoms with Gasteiger partial charge in [0.05, 0.1) is 7.11 Å². The van der Waals surface area contributed by atoms with Gasteiger partial charge < -0.3 is 4.74 Å². The molecule has 5 nitrogen and oxygen atoms in total. The topological polar surface area (TPSA) is 75.1 Å². The molecule has 0 bridgehead atoms. The van der Waals surface area contributed by atoms with E-state index < -0.39 is 0 Å². The van der Waals surface area contributed by atoms with Crippen molar-refractivity contribution in [1.29, 1.82) is 0 Å². The highest BCUT2D eigenvalue weighted by molar-refractivity contribution is 5.69. The van der Waals surface area contributed by atoms with Crippen molar-refractivity contribution in [1.82, 2.24) is 0 Å². The number of ether oxygens (including phenoxy) is 1. The number of rotatable bonds is 5. The predicted octanol–water partition coefficient (Wildman–Crippen LogP) is 7.16. The molecule has 0 aliphatic heterocycles. The minimum absolute atomic E-state index is 0.0866. The van der Waals surface area contributed by atoms with Crippen LogP contribution in [0.2, 0.25) is 0 Å². The Morgan fingerprint density at radius 1 is 1.13 bits per heavy atom. The van der Waals surface area contributed by atoms with Crippen molar-refractivity contribution >= 4 is 5.97 Å². The summed E-state index contributed by atoms with van der Waals surface area (Å²) in [6.45, 7) is 9.87. The van der Waals surface area contributed by atoms with E-state index in [1.807, 2.05) is 0 Å². The Balaban J connectivity index is 1.59. The van der Waals surface area contributed by atoms with Crippen molar-refractivity contribution in [2.45, 2.75) is 97.9 Å². The first-order valence-electron chi connectivity index (χ1n) is 12.9. The van der Waals surface area contributed by atoms with E-state index in [9.17, 15) is 10.3 Å². The highest BCUT2D eigenvalue weighted by Crippen LogP contribution is 2.69. The molecule has 0 spiro atoms. The van der Waals surface area contributed by atoms with Crippen LogP contribution in [0.1, 0.15) is 91.9 Å². The summed E-state index contributed by atoms with van der Waals surface area (Å²) in [5.41, 5.74) is 10.2. The molecule has 4 rings (SSSR count). The smallest absolute Gasteiger partial charge is 0.305 e. The van der Waals surface area contributed by atoms with Gasteiger partial charge in [-0.2, -0.15) is 0 Å². The first-order chi connectivity index (χ1) is 14.7. The third-order valence-electron chi connectivity index (χ3n) is 10.9. The minimum Gasteiger partial charge on any atom is -0.469 e. The molecular weight excluding hydrogens is 386 g/mol. The lowest BCUT2D eigenvalue weighted by atomic mass is 9.43. The quantitative estimate of drug-likeness (QED) is 0.201. The molecule has 0 saturated heterocycles. The molecule has 0 amide bonds. The van der Waals surface area contributed by atoms with Crippen LogP contribution in [0, 0.1) is 52.3 Å². The molecule has 31 heavy (non-hydrogen) atoms. The highest BCUT2D eigenvalue weighted by Gasteiger charge is 2.62. The molecule has 10 atom stereocenters. The number of hydrogen-bond donors (Lipinski definition) is 0. The van der Waals surface area contributed by atoms with E-state index in [1.165, 1.54) is 52.1 Å². The third kappa shape index (κ3) is 3.79. The lowest BCUT2D eigenvalue weighted by molar-refractivity contribution is -0.141. The van der Waals surface area contributed by atoms with Crippen molar-refractivity contribution in [2.24, 2.45) is 57.4 Å². The molecule has 4 aliphatic rings. The lowest BCUT2D eigenvalue weighted by Crippen LogP contribution is -2.57. The predicted molar refractivity (Wildman–Crippen MR) is 123 cm³/mol. The van der Waals surface area contributed by atoms with Crippen molar-refractivity contribution in [3.63, 3.8) is 0 Å². The van der Waals surface area contributed by atoms with Crippen LogP contribution in [0.25, 0.3) is 10.4 Å². The summed E-state index contributed by atoms with van der Waals surface area (Å²) in [5.74, 6) is 4.53. The summed E-state index contributed by atoms with van der Waals surface area (Å²) in [6.07, 6.45) is 11.7. The second-order valence-corrected chi connectivity index (χ2v) is 12.2. The van der Waals surface area contributed by atoms with Gasteiger partial charge in [-0.25, -0.2) is 0 Å². The lowest BCUT2D eigenvalue weighted by Gasteiger charge is -2.63. The normalized spacial score (nSPS) is 47.3. The van der Waals surface area contributed by atoms with Gasteiger partial charge in [0.1, 0.15) is 0 Å². The number of azide groups is 1. The fourth-order valence-electron chi connectivity index (χ4n) is 9.25. The van der Waals surface area contributed by atoms with Crippen LogP contribution in [0.5, 0.6) is 0 Å². The standard InChI is InChI=1S/C26H43N3O2/c1-16-10-12-25(3)18(14-16)15-22(28-29-27)24-20-8-7-19(17(2)6-9-23(30)31-5)26(20,4)13-11-21(24)25/h16-22,24H,6-15H2,1-5H3/t16-,17-,18?,19-,20?,21?,22?,24?,25+,26-/m1/s1. The number of methoxy groups -OCH3 is 1. The maximum absolute atomic E-state index is 11.7. The first kappa shape index (κ1) is 23.0. The van der Waals surface area contributed by atoms with Gasteiger partial charge in [0.15, 0.2) is 0 Å². The monoisotopic (exact) mass is 429 g/mol. The molecule has 0 heterocycles. The Morgan fingerprint density at radius 2 is 1.84 bits per heavy atom. The second-order valence-electron chi connectivity index (χ2n) is 12.2. The van der Waals surface area contributed by atoms with Crippen LogP contribution in [0.4, 0.5) is 0 Å². The van der Waals surface area contributed by atoms with Gasteiger partial charge in [0.2, 0.25) is 0 Å². The summed E-state index contributed by atoms with van der Waals surface area (Å²) in [4.78, 5) is 15.1. The van der Waals surface area contributed by atoms with Gasteiger partial charge >= 0.3 is 5.97 Å². The summed E-state index contributed by atoms with van der Waals surface area (Å²) in [6, 6.07) is 0.173. The fourth-order valence-corrected chi connectivity index (χ4v) is 9.25. The molecule has 0 radical (unpaired) electrons. The van der Waals surface area contributed by atoms with Gasteiger partial charge in [0.25, 0.3) is 0 Å². The van der Waals surface area contributed by atoms with Gasteiger partial charge in [0, 0.05) is 17.4 Å². The summed E-state index contributed by atoms with van der Waals surface area (Å²) < 4.78 is 4.89. The van der Waals surface area contributed by atoms with Crippen molar-refractivity contribution in [3.05, 3.63) is 10.4 Å². The van der Waals surface area contributed by atoms with Gasteiger partial charge in [-0.15, -0.1) is 0 Å². The van der Waals surface area contributed by atoms with Gasteiger partial charge in [-0.1, -0.05) is 39.2 Å². The number of carbonyl (C=O) groups is 1. The maximum Gasteiger partial charge on any atom is 0.305 e. The Morgan fingerprint density at radius 3 is 2.55 bits per heavy atom. The van der Waals surface area contributed by atoms with Crippen molar-refractivity contribution in [3.8, 4) is 0 Å². The highest BCUT2D eigenvalue weighted by atomic mass is 16.5. The molecule has 4 fully saturated rings. The van der Waals surface area contributed by atoms with Crippen LogP contribution in [-0.4, -0.2) is 19.1 Å². The Kier molecular flexibility index (Phi) is 6.38. The summed E-state index contributed by atoms with van der Waals surface area (Å²) in [5, 5.41) is 4.47. The van der Waals surface area contributed by atoms with E-state index in [0.717, 1.165) is 18.8 Å². The van der Waals surface area contributed by atoms with Crippen LogP contribution in [0.15, 0.2) is 5.11 Å². The van der Waals surface area contributed by atoms with Crippen molar-refractivity contribution < 1.29 is 9.53 Å². The molecule has 0 N–H and O–H groups in total.